The van der Waals surface area contributed by atoms with Crippen LogP contribution in [-0.4, -0.2) is 4.92 Å². The van der Waals surface area contributed by atoms with Crippen molar-refractivity contribution < 1.29 is 9.66 Å². The van der Waals surface area contributed by atoms with E-state index in [2.05, 4.69) is 0 Å². The van der Waals surface area contributed by atoms with Gasteiger partial charge in [0, 0.05) is 12.1 Å². The van der Waals surface area contributed by atoms with Crippen molar-refractivity contribution in [3.63, 3.8) is 0 Å². The molecule has 0 aliphatic rings. The predicted molar refractivity (Wildman–Crippen MR) is 64.6 cm³/mol. The molecule has 0 fully saturated rings. The first-order chi connectivity index (χ1) is 8.16. The van der Waals surface area contributed by atoms with Crippen LogP contribution in [0.4, 0.5) is 5.69 Å². The van der Waals surface area contributed by atoms with Crippen molar-refractivity contribution in [2.24, 2.45) is 0 Å². The fourth-order valence-electron chi connectivity index (χ4n) is 1.29. The molecule has 0 radical (unpaired) electrons. The van der Waals surface area contributed by atoms with E-state index in [0.29, 0.717) is 16.5 Å². The molecule has 0 aliphatic heterocycles. The Labute approximate surface area is 103 Å². The van der Waals surface area contributed by atoms with Crippen molar-refractivity contribution in [3.05, 3.63) is 63.7 Å². The van der Waals surface area contributed by atoms with Crippen molar-refractivity contribution in [1.29, 1.82) is 0 Å². The highest BCUT2D eigenvalue weighted by atomic mass is 35.5. The van der Waals surface area contributed by atoms with Crippen LogP contribution in [0.2, 0.25) is 5.02 Å². The molecule has 0 aliphatic carbocycles. The number of hydrogen-bond donors (Lipinski definition) is 0. The van der Waals surface area contributed by atoms with E-state index in [0.717, 1.165) is 0 Å². The second-order valence-electron chi connectivity index (χ2n) is 3.28. The number of nitro groups is 1. The third kappa shape index (κ3) is 2.73. The normalized spacial score (nSPS) is 9.94. The lowest BCUT2D eigenvalue weighted by Crippen LogP contribution is -1.88. The lowest BCUT2D eigenvalue weighted by Gasteiger charge is -2.06. The monoisotopic (exact) mass is 249 g/mol. The SMILES string of the molecule is O=[N+]([O-])c1ccc(Oc2ccccc2Cl)cc1. The van der Waals surface area contributed by atoms with Gasteiger partial charge in [-0.25, -0.2) is 0 Å². The van der Waals surface area contributed by atoms with Crippen LogP contribution in [-0.2, 0) is 0 Å². The molecular formula is C12H8ClNO3. The quantitative estimate of drug-likeness (QED) is 0.609. The number of para-hydroxylation sites is 1. The van der Waals surface area contributed by atoms with Gasteiger partial charge in [0.05, 0.1) is 9.95 Å². The first-order valence-corrected chi connectivity index (χ1v) is 5.21. The zero-order valence-electron chi connectivity index (χ0n) is 8.67. The average molecular weight is 250 g/mol. The first-order valence-electron chi connectivity index (χ1n) is 4.83. The van der Waals surface area contributed by atoms with Crippen LogP contribution >= 0.6 is 11.6 Å². The molecule has 0 bridgehead atoms. The van der Waals surface area contributed by atoms with Crippen LogP contribution in [0.5, 0.6) is 11.5 Å². The molecule has 0 saturated carbocycles. The molecule has 2 aromatic carbocycles. The van der Waals surface area contributed by atoms with E-state index in [-0.39, 0.29) is 5.69 Å². The zero-order chi connectivity index (χ0) is 12.3. The third-order valence-corrected chi connectivity index (χ3v) is 2.42. The van der Waals surface area contributed by atoms with Gasteiger partial charge in [-0.1, -0.05) is 23.7 Å². The Morgan fingerprint density at radius 3 is 2.29 bits per heavy atom. The predicted octanol–water partition coefficient (Wildman–Crippen LogP) is 4.04. The smallest absolute Gasteiger partial charge is 0.269 e. The number of nitro benzene ring substituents is 1. The van der Waals surface area contributed by atoms with Gasteiger partial charge >= 0.3 is 0 Å². The molecule has 0 heterocycles. The zero-order valence-corrected chi connectivity index (χ0v) is 9.42. The standard InChI is InChI=1S/C12H8ClNO3/c13-11-3-1-2-4-12(11)17-10-7-5-9(6-8-10)14(15)16/h1-8H. The number of ether oxygens (including phenoxy) is 1. The second kappa shape index (κ2) is 4.84. The summed E-state index contributed by atoms with van der Waals surface area (Å²) in [4.78, 5) is 10.0. The summed E-state index contributed by atoms with van der Waals surface area (Å²) in [5, 5.41) is 11.0. The summed E-state index contributed by atoms with van der Waals surface area (Å²) in [7, 11) is 0. The summed E-state index contributed by atoms with van der Waals surface area (Å²) < 4.78 is 5.49. The minimum atomic E-state index is -0.459. The van der Waals surface area contributed by atoms with Crippen molar-refractivity contribution in [2.75, 3.05) is 0 Å². The number of benzene rings is 2. The van der Waals surface area contributed by atoms with Crippen LogP contribution < -0.4 is 4.74 Å². The number of halogens is 1. The molecule has 0 unspecified atom stereocenters. The van der Waals surface area contributed by atoms with E-state index < -0.39 is 4.92 Å². The van der Waals surface area contributed by atoms with E-state index in [1.54, 1.807) is 24.3 Å². The molecule has 0 amide bonds. The van der Waals surface area contributed by atoms with Crippen molar-refractivity contribution >= 4 is 17.3 Å². The van der Waals surface area contributed by atoms with Gasteiger partial charge in [-0.15, -0.1) is 0 Å². The highest BCUT2D eigenvalue weighted by Gasteiger charge is 2.06. The molecule has 17 heavy (non-hydrogen) atoms. The van der Waals surface area contributed by atoms with Gasteiger partial charge in [-0.05, 0) is 24.3 Å². The number of nitrogens with zero attached hydrogens (tertiary/aromatic N) is 1. The Kier molecular flexibility index (Phi) is 3.25. The van der Waals surface area contributed by atoms with E-state index in [1.807, 2.05) is 0 Å². The minimum Gasteiger partial charge on any atom is -0.456 e. The van der Waals surface area contributed by atoms with E-state index in [9.17, 15) is 10.1 Å². The van der Waals surface area contributed by atoms with E-state index in [1.165, 1.54) is 24.3 Å². The molecular weight excluding hydrogens is 242 g/mol. The highest BCUT2D eigenvalue weighted by Crippen LogP contribution is 2.29. The molecule has 0 N–H and O–H groups in total. The largest absolute Gasteiger partial charge is 0.456 e. The molecule has 0 spiro atoms. The maximum absolute atomic E-state index is 10.5. The topological polar surface area (TPSA) is 52.4 Å². The van der Waals surface area contributed by atoms with Gasteiger partial charge in [0.2, 0.25) is 0 Å². The van der Waals surface area contributed by atoms with Gasteiger partial charge in [0.1, 0.15) is 11.5 Å². The first kappa shape index (κ1) is 11.4. The van der Waals surface area contributed by atoms with Crippen LogP contribution in [0, 0.1) is 10.1 Å². The molecule has 2 rings (SSSR count). The second-order valence-corrected chi connectivity index (χ2v) is 3.69. The Bertz CT molecular complexity index is 540. The molecule has 0 aromatic heterocycles. The fraction of sp³-hybridized carbons (Fsp3) is 0. The van der Waals surface area contributed by atoms with Crippen molar-refractivity contribution in [3.8, 4) is 11.5 Å². The third-order valence-electron chi connectivity index (χ3n) is 2.11. The van der Waals surface area contributed by atoms with Crippen LogP contribution in [0.15, 0.2) is 48.5 Å². The lowest BCUT2D eigenvalue weighted by molar-refractivity contribution is -0.384. The maximum Gasteiger partial charge on any atom is 0.269 e. The molecule has 2 aromatic rings. The fourth-order valence-corrected chi connectivity index (χ4v) is 1.46. The summed E-state index contributed by atoms with van der Waals surface area (Å²) in [6.45, 7) is 0. The van der Waals surface area contributed by atoms with Crippen molar-refractivity contribution in [2.45, 2.75) is 0 Å². The lowest BCUT2D eigenvalue weighted by atomic mass is 10.3. The average Bonchev–Trinajstić information content (AvgIpc) is 2.33. The van der Waals surface area contributed by atoms with Crippen LogP contribution in [0.25, 0.3) is 0 Å². The van der Waals surface area contributed by atoms with E-state index >= 15 is 0 Å². The Morgan fingerprint density at radius 1 is 1.06 bits per heavy atom. The van der Waals surface area contributed by atoms with Gasteiger partial charge in [0.25, 0.3) is 5.69 Å². The van der Waals surface area contributed by atoms with Crippen LogP contribution in [0.1, 0.15) is 0 Å². The summed E-state index contributed by atoms with van der Waals surface area (Å²) in [6, 6.07) is 12.9. The summed E-state index contributed by atoms with van der Waals surface area (Å²) in [6.07, 6.45) is 0. The highest BCUT2D eigenvalue weighted by molar-refractivity contribution is 6.32. The number of non-ortho nitro benzene ring substituents is 1. The maximum atomic E-state index is 10.5. The minimum absolute atomic E-state index is 0.0245. The van der Waals surface area contributed by atoms with E-state index in [4.69, 9.17) is 16.3 Å². The molecule has 0 saturated heterocycles. The van der Waals surface area contributed by atoms with Gasteiger partial charge in [-0.3, -0.25) is 10.1 Å². The van der Waals surface area contributed by atoms with Crippen molar-refractivity contribution in [1.82, 2.24) is 0 Å². The Hall–Kier alpha value is -2.07. The van der Waals surface area contributed by atoms with Gasteiger partial charge in [0.15, 0.2) is 0 Å². The Morgan fingerprint density at radius 2 is 1.71 bits per heavy atom. The van der Waals surface area contributed by atoms with Gasteiger partial charge in [-0.2, -0.15) is 0 Å². The van der Waals surface area contributed by atoms with Crippen LogP contribution in [0.3, 0.4) is 0 Å². The molecule has 86 valence electrons. The molecule has 5 heteroatoms. The molecule has 0 atom stereocenters. The number of rotatable bonds is 3. The molecule has 4 nitrogen and oxygen atoms in total. The van der Waals surface area contributed by atoms with Gasteiger partial charge < -0.3 is 4.74 Å². The summed E-state index contributed by atoms with van der Waals surface area (Å²) in [5.41, 5.74) is 0.0245. The Balaban J connectivity index is 2.20. The number of hydrogen-bond acceptors (Lipinski definition) is 3. The summed E-state index contributed by atoms with van der Waals surface area (Å²) >= 11 is 5.92. The summed E-state index contributed by atoms with van der Waals surface area (Å²) in [5.74, 6) is 1.02.